The Kier molecular flexibility index (Phi) is 6.63. The van der Waals surface area contributed by atoms with Gasteiger partial charge in [0.15, 0.2) is 0 Å². The van der Waals surface area contributed by atoms with E-state index in [-0.39, 0.29) is 18.2 Å². The molecule has 0 spiro atoms. The summed E-state index contributed by atoms with van der Waals surface area (Å²) in [6, 6.07) is 10.7. The summed E-state index contributed by atoms with van der Waals surface area (Å²) in [7, 11) is 1.60. The fourth-order valence-corrected chi connectivity index (χ4v) is 3.61. The highest BCUT2D eigenvalue weighted by Gasteiger charge is 2.25. The predicted molar refractivity (Wildman–Crippen MR) is 116 cm³/mol. The number of aromatic amines is 1. The third kappa shape index (κ3) is 5.12. The SMILES string of the molecule is COCC(NC(=O)Nc1cc2[nH]nc(OC3CCOCC3C)c2cn1)c1ccccc1. The number of carbonyl (C=O) groups excluding carboxylic acids is 1. The zero-order valence-corrected chi connectivity index (χ0v) is 17.6. The van der Waals surface area contributed by atoms with Crippen LogP contribution in [0.3, 0.4) is 0 Å². The third-order valence-corrected chi connectivity index (χ3v) is 5.32. The summed E-state index contributed by atoms with van der Waals surface area (Å²) < 4.78 is 16.8. The Morgan fingerprint density at radius 2 is 2.19 bits per heavy atom. The number of hydrogen-bond donors (Lipinski definition) is 3. The molecule has 9 nitrogen and oxygen atoms in total. The lowest BCUT2D eigenvalue weighted by molar-refractivity contribution is -0.0175. The van der Waals surface area contributed by atoms with E-state index in [0.29, 0.717) is 37.4 Å². The van der Waals surface area contributed by atoms with Gasteiger partial charge in [0, 0.05) is 31.7 Å². The summed E-state index contributed by atoms with van der Waals surface area (Å²) in [6.45, 7) is 3.83. The molecule has 2 amide bonds. The summed E-state index contributed by atoms with van der Waals surface area (Å²) in [4.78, 5) is 16.9. The molecule has 4 rings (SSSR count). The highest BCUT2D eigenvalue weighted by atomic mass is 16.5. The first kappa shape index (κ1) is 21.1. The van der Waals surface area contributed by atoms with E-state index in [1.165, 1.54) is 0 Å². The number of pyridine rings is 1. The van der Waals surface area contributed by atoms with Gasteiger partial charge in [-0.3, -0.25) is 10.4 Å². The van der Waals surface area contributed by atoms with Crippen LogP contribution in [0.2, 0.25) is 0 Å². The molecule has 9 heteroatoms. The number of aromatic nitrogens is 3. The Morgan fingerprint density at radius 3 is 2.97 bits per heavy atom. The largest absolute Gasteiger partial charge is 0.472 e. The minimum absolute atomic E-state index is 0.0551. The minimum Gasteiger partial charge on any atom is -0.472 e. The summed E-state index contributed by atoms with van der Waals surface area (Å²) in [5.74, 6) is 1.22. The van der Waals surface area contributed by atoms with Crippen molar-refractivity contribution in [1.29, 1.82) is 0 Å². The van der Waals surface area contributed by atoms with Crippen LogP contribution in [0.5, 0.6) is 5.88 Å². The average molecular weight is 425 g/mol. The lowest BCUT2D eigenvalue weighted by Crippen LogP contribution is -2.35. The molecule has 0 saturated carbocycles. The number of amides is 2. The van der Waals surface area contributed by atoms with Crippen LogP contribution in [0.25, 0.3) is 10.9 Å². The molecule has 1 aromatic carbocycles. The molecule has 3 aromatic rings. The first-order valence-corrected chi connectivity index (χ1v) is 10.3. The van der Waals surface area contributed by atoms with Crippen LogP contribution in [-0.4, -0.2) is 54.2 Å². The van der Waals surface area contributed by atoms with Crippen molar-refractivity contribution in [2.45, 2.75) is 25.5 Å². The number of fused-ring (bicyclic) bond motifs is 1. The molecule has 1 aliphatic rings. The zero-order chi connectivity index (χ0) is 21.6. The molecule has 3 heterocycles. The monoisotopic (exact) mass is 425 g/mol. The average Bonchev–Trinajstić information content (AvgIpc) is 3.17. The summed E-state index contributed by atoms with van der Waals surface area (Å²) in [5.41, 5.74) is 1.69. The molecular weight excluding hydrogens is 398 g/mol. The normalized spacial score (nSPS) is 19.7. The van der Waals surface area contributed by atoms with Crippen molar-refractivity contribution in [1.82, 2.24) is 20.5 Å². The smallest absolute Gasteiger partial charge is 0.320 e. The van der Waals surface area contributed by atoms with Crippen molar-refractivity contribution in [2.75, 3.05) is 32.2 Å². The van der Waals surface area contributed by atoms with E-state index < -0.39 is 0 Å². The highest BCUT2D eigenvalue weighted by molar-refractivity contribution is 5.92. The Bertz CT molecular complexity index is 1010. The van der Waals surface area contributed by atoms with E-state index >= 15 is 0 Å². The number of benzene rings is 1. The lowest BCUT2D eigenvalue weighted by atomic mass is 10.0. The van der Waals surface area contributed by atoms with E-state index in [9.17, 15) is 4.79 Å². The van der Waals surface area contributed by atoms with Gasteiger partial charge in [-0.1, -0.05) is 37.3 Å². The predicted octanol–water partition coefficient (Wildman–Crippen LogP) is 3.27. The molecule has 0 radical (unpaired) electrons. The van der Waals surface area contributed by atoms with Gasteiger partial charge in [-0.25, -0.2) is 9.78 Å². The molecule has 1 fully saturated rings. The van der Waals surface area contributed by atoms with Crippen molar-refractivity contribution >= 4 is 22.8 Å². The van der Waals surface area contributed by atoms with Crippen LogP contribution in [0.15, 0.2) is 42.6 Å². The first-order chi connectivity index (χ1) is 15.1. The standard InChI is InChI=1S/C22H27N5O4/c1-14-12-30-9-8-19(14)31-21-16-11-23-20(10-17(16)26-27-21)25-22(28)24-18(13-29-2)15-6-4-3-5-7-15/h3-7,10-11,14,18-19H,8-9,12-13H2,1-2H3,(H,26,27)(H2,23,24,25,28). The Balaban J connectivity index is 1.42. The summed E-state index contributed by atoms with van der Waals surface area (Å²) >= 11 is 0. The number of rotatable bonds is 7. The Labute approximate surface area is 180 Å². The molecule has 0 aliphatic carbocycles. The molecular formula is C22H27N5O4. The van der Waals surface area contributed by atoms with Gasteiger partial charge in [0.2, 0.25) is 5.88 Å². The van der Waals surface area contributed by atoms with Crippen LogP contribution < -0.4 is 15.4 Å². The maximum Gasteiger partial charge on any atom is 0.320 e. The zero-order valence-electron chi connectivity index (χ0n) is 17.6. The van der Waals surface area contributed by atoms with Crippen LogP contribution in [0.1, 0.15) is 24.9 Å². The molecule has 31 heavy (non-hydrogen) atoms. The van der Waals surface area contributed by atoms with Gasteiger partial charge >= 0.3 is 6.03 Å². The number of anilines is 1. The van der Waals surface area contributed by atoms with Gasteiger partial charge in [-0.05, 0) is 5.56 Å². The quantitative estimate of drug-likeness (QED) is 0.536. The van der Waals surface area contributed by atoms with E-state index in [4.69, 9.17) is 14.2 Å². The van der Waals surface area contributed by atoms with Crippen molar-refractivity contribution in [2.24, 2.45) is 5.92 Å². The lowest BCUT2D eigenvalue weighted by Gasteiger charge is -2.28. The van der Waals surface area contributed by atoms with E-state index in [1.54, 1.807) is 19.4 Å². The van der Waals surface area contributed by atoms with Crippen LogP contribution in [-0.2, 0) is 9.47 Å². The topological polar surface area (TPSA) is 110 Å². The number of nitrogens with one attached hydrogen (secondary N) is 3. The van der Waals surface area contributed by atoms with Crippen molar-refractivity contribution in [3.63, 3.8) is 0 Å². The fraction of sp³-hybridized carbons (Fsp3) is 0.409. The maximum atomic E-state index is 12.5. The van der Waals surface area contributed by atoms with E-state index in [0.717, 1.165) is 22.9 Å². The molecule has 1 saturated heterocycles. The van der Waals surface area contributed by atoms with Crippen LogP contribution in [0, 0.1) is 5.92 Å². The van der Waals surface area contributed by atoms with Crippen molar-refractivity contribution in [3.05, 3.63) is 48.2 Å². The molecule has 2 aromatic heterocycles. The Hall–Kier alpha value is -3.17. The number of ether oxygens (including phenoxy) is 3. The number of methoxy groups -OCH3 is 1. The van der Waals surface area contributed by atoms with Gasteiger partial charge in [-0.2, -0.15) is 0 Å². The number of hydrogen-bond acceptors (Lipinski definition) is 6. The minimum atomic E-state index is -0.371. The van der Waals surface area contributed by atoms with E-state index in [1.807, 2.05) is 30.3 Å². The summed E-state index contributed by atoms with van der Waals surface area (Å²) in [6.07, 6.45) is 2.53. The van der Waals surface area contributed by atoms with Gasteiger partial charge in [0.25, 0.3) is 0 Å². The molecule has 1 aliphatic heterocycles. The third-order valence-electron chi connectivity index (χ3n) is 5.32. The fourth-order valence-electron chi connectivity index (χ4n) is 3.61. The highest BCUT2D eigenvalue weighted by Crippen LogP contribution is 2.27. The number of carbonyl (C=O) groups is 1. The number of H-pyrrole nitrogens is 1. The molecule has 3 N–H and O–H groups in total. The van der Waals surface area contributed by atoms with E-state index in [2.05, 4.69) is 32.7 Å². The first-order valence-electron chi connectivity index (χ1n) is 10.3. The van der Waals surface area contributed by atoms with Gasteiger partial charge in [0.05, 0.1) is 36.8 Å². The second-order valence-corrected chi connectivity index (χ2v) is 7.66. The van der Waals surface area contributed by atoms with Gasteiger partial charge < -0.3 is 19.5 Å². The van der Waals surface area contributed by atoms with Crippen molar-refractivity contribution in [3.8, 4) is 5.88 Å². The van der Waals surface area contributed by atoms with Gasteiger partial charge in [0.1, 0.15) is 11.9 Å². The summed E-state index contributed by atoms with van der Waals surface area (Å²) in [5, 5.41) is 13.7. The van der Waals surface area contributed by atoms with Crippen molar-refractivity contribution < 1.29 is 19.0 Å². The van der Waals surface area contributed by atoms with Crippen LogP contribution >= 0.6 is 0 Å². The van der Waals surface area contributed by atoms with Crippen LogP contribution in [0.4, 0.5) is 10.6 Å². The molecule has 3 atom stereocenters. The molecule has 164 valence electrons. The second-order valence-electron chi connectivity index (χ2n) is 7.66. The maximum absolute atomic E-state index is 12.5. The van der Waals surface area contributed by atoms with Gasteiger partial charge in [-0.15, -0.1) is 5.10 Å². The molecule has 0 bridgehead atoms. The number of urea groups is 1. The Morgan fingerprint density at radius 1 is 1.35 bits per heavy atom. The second kappa shape index (κ2) is 9.76. The number of nitrogens with zero attached hydrogens (tertiary/aromatic N) is 2. The molecule has 3 unspecified atom stereocenters.